The van der Waals surface area contributed by atoms with Crippen molar-refractivity contribution in [1.29, 1.82) is 0 Å². The molecule has 0 amide bonds. The Morgan fingerprint density at radius 3 is 3.35 bits per heavy atom. The maximum atomic E-state index is 4.33. The maximum absolute atomic E-state index is 4.33. The lowest BCUT2D eigenvalue weighted by Gasteiger charge is -2.23. The summed E-state index contributed by atoms with van der Waals surface area (Å²) < 4.78 is 0. The molecule has 0 bridgehead atoms. The molecule has 6 heteroatoms. The number of nitrogens with zero attached hydrogens (tertiary/aromatic N) is 2. The molecule has 1 atom stereocenters. The van der Waals surface area contributed by atoms with Crippen LogP contribution in [0, 0.1) is 0 Å². The van der Waals surface area contributed by atoms with Gasteiger partial charge in [0.05, 0.1) is 28.9 Å². The number of rotatable bonds is 4. The highest BCUT2D eigenvalue weighted by Gasteiger charge is 2.19. The van der Waals surface area contributed by atoms with Crippen molar-refractivity contribution in [2.24, 2.45) is 0 Å². The zero-order valence-corrected chi connectivity index (χ0v) is 10.3. The summed E-state index contributed by atoms with van der Waals surface area (Å²) in [4.78, 5) is 11.7. The number of aromatic amines is 1. The number of aromatic nitrogens is 3. The van der Waals surface area contributed by atoms with Gasteiger partial charge in [-0.1, -0.05) is 0 Å². The van der Waals surface area contributed by atoms with Crippen LogP contribution in [0.1, 0.15) is 17.1 Å². The van der Waals surface area contributed by atoms with E-state index >= 15 is 0 Å². The molecule has 90 valence electrons. The molecular weight excluding hydrogens is 234 g/mol. The molecule has 3 N–H and O–H groups in total. The molecule has 1 aliphatic rings. The van der Waals surface area contributed by atoms with Crippen LogP contribution in [0.5, 0.6) is 0 Å². The zero-order valence-electron chi connectivity index (χ0n) is 9.44. The van der Waals surface area contributed by atoms with Crippen molar-refractivity contribution in [2.75, 3.05) is 6.54 Å². The topological polar surface area (TPSA) is 65.6 Å². The molecule has 5 nitrogen and oxygen atoms in total. The van der Waals surface area contributed by atoms with E-state index in [1.54, 1.807) is 17.7 Å². The summed E-state index contributed by atoms with van der Waals surface area (Å²) in [6.45, 7) is 2.68. The van der Waals surface area contributed by atoms with Crippen molar-refractivity contribution in [3.05, 3.63) is 34.3 Å². The third-order valence-corrected chi connectivity index (χ3v) is 3.63. The van der Waals surface area contributed by atoms with Crippen LogP contribution >= 0.6 is 11.3 Å². The summed E-state index contributed by atoms with van der Waals surface area (Å²) in [5.41, 5.74) is 5.41. The largest absolute Gasteiger partial charge is 0.347 e. The Bertz CT molecular complexity index is 464. The first-order valence-corrected chi connectivity index (χ1v) is 6.68. The van der Waals surface area contributed by atoms with Crippen molar-refractivity contribution < 1.29 is 0 Å². The van der Waals surface area contributed by atoms with Crippen molar-refractivity contribution in [3.63, 3.8) is 0 Å². The van der Waals surface area contributed by atoms with Crippen molar-refractivity contribution in [2.45, 2.75) is 25.6 Å². The first kappa shape index (κ1) is 10.9. The Balaban J connectivity index is 1.48. The number of hydrogen-bond donors (Lipinski definition) is 3. The smallest absolute Gasteiger partial charge is 0.0925 e. The number of thiazole rings is 1. The van der Waals surface area contributed by atoms with E-state index < -0.39 is 0 Å². The van der Waals surface area contributed by atoms with Gasteiger partial charge in [0.15, 0.2) is 0 Å². The second-order valence-corrected chi connectivity index (χ2v) is 4.94. The third kappa shape index (κ3) is 2.54. The van der Waals surface area contributed by atoms with Crippen LogP contribution in [-0.2, 0) is 19.5 Å². The van der Waals surface area contributed by atoms with E-state index in [1.165, 1.54) is 11.4 Å². The van der Waals surface area contributed by atoms with Crippen LogP contribution < -0.4 is 10.6 Å². The minimum absolute atomic E-state index is 0.462. The number of hydrogen-bond acceptors (Lipinski definition) is 5. The van der Waals surface area contributed by atoms with Gasteiger partial charge in [-0.05, 0) is 0 Å². The Labute approximate surface area is 104 Å². The second-order valence-electron chi connectivity index (χ2n) is 4.22. The fourth-order valence-corrected chi connectivity index (χ4v) is 2.63. The zero-order chi connectivity index (χ0) is 11.5. The van der Waals surface area contributed by atoms with Crippen molar-refractivity contribution in [3.8, 4) is 0 Å². The Hall–Kier alpha value is -1.24. The molecule has 0 aliphatic carbocycles. The molecule has 0 saturated carbocycles. The fourth-order valence-electron chi connectivity index (χ4n) is 2.07. The number of fused-ring (bicyclic) bond motifs is 1. The van der Waals surface area contributed by atoms with E-state index in [9.17, 15) is 0 Å². The molecule has 0 spiro atoms. The van der Waals surface area contributed by atoms with Crippen LogP contribution in [0.4, 0.5) is 0 Å². The van der Waals surface area contributed by atoms with E-state index in [1.807, 2.05) is 5.51 Å². The van der Waals surface area contributed by atoms with Gasteiger partial charge in [-0.2, -0.15) is 0 Å². The predicted molar refractivity (Wildman–Crippen MR) is 66.7 cm³/mol. The molecule has 3 heterocycles. The summed E-state index contributed by atoms with van der Waals surface area (Å²) in [5.74, 6) is 0. The van der Waals surface area contributed by atoms with Gasteiger partial charge in [0.25, 0.3) is 0 Å². The average molecular weight is 249 g/mol. The van der Waals surface area contributed by atoms with Gasteiger partial charge in [0.2, 0.25) is 0 Å². The summed E-state index contributed by atoms with van der Waals surface area (Å²) in [6.07, 6.45) is 2.76. The summed E-state index contributed by atoms with van der Waals surface area (Å²) in [6, 6.07) is 0.462. The van der Waals surface area contributed by atoms with Gasteiger partial charge in [0.1, 0.15) is 0 Å². The first-order valence-electron chi connectivity index (χ1n) is 5.74. The molecule has 1 aliphatic heterocycles. The summed E-state index contributed by atoms with van der Waals surface area (Å²) in [5, 5.41) is 8.99. The monoisotopic (exact) mass is 249 g/mol. The number of H-pyrrole nitrogens is 1. The van der Waals surface area contributed by atoms with Gasteiger partial charge in [-0.15, -0.1) is 11.3 Å². The standard InChI is InChI=1S/C11H15N5S/c1-8(2-12-3-9-5-17-7-16-9)13-4-11-10(1)14-6-15-11/h5-8,12-13H,1-4H2,(H,14,15). The number of nitrogens with one attached hydrogen (secondary N) is 3. The van der Waals surface area contributed by atoms with Gasteiger partial charge in [-0.25, -0.2) is 9.97 Å². The normalized spacial score (nSPS) is 19.2. The molecule has 1 unspecified atom stereocenters. The lowest BCUT2D eigenvalue weighted by Crippen LogP contribution is -2.42. The Morgan fingerprint density at radius 2 is 2.47 bits per heavy atom. The lowest BCUT2D eigenvalue weighted by molar-refractivity contribution is 0.440. The molecule has 0 radical (unpaired) electrons. The van der Waals surface area contributed by atoms with E-state index in [4.69, 9.17) is 0 Å². The third-order valence-electron chi connectivity index (χ3n) is 3.00. The van der Waals surface area contributed by atoms with Gasteiger partial charge >= 0.3 is 0 Å². The minimum atomic E-state index is 0.462. The van der Waals surface area contributed by atoms with Crippen LogP contribution in [0.3, 0.4) is 0 Å². The molecule has 0 saturated heterocycles. The van der Waals surface area contributed by atoms with Crippen LogP contribution in [0.25, 0.3) is 0 Å². The van der Waals surface area contributed by atoms with E-state index in [0.29, 0.717) is 6.04 Å². The van der Waals surface area contributed by atoms with Crippen molar-refractivity contribution in [1.82, 2.24) is 25.6 Å². The molecule has 17 heavy (non-hydrogen) atoms. The van der Waals surface area contributed by atoms with Gasteiger partial charge in [-0.3, -0.25) is 0 Å². The van der Waals surface area contributed by atoms with Crippen LogP contribution in [0.2, 0.25) is 0 Å². The van der Waals surface area contributed by atoms with Crippen LogP contribution in [-0.4, -0.2) is 27.5 Å². The SMILES string of the molecule is c1nc2c([nH]1)CNC(CNCc1cscn1)C2. The highest BCUT2D eigenvalue weighted by molar-refractivity contribution is 7.07. The van der Waals surface area contributed by atoms with E-state index in [-0.39, 0.29) is 0 Å². The van der Waals surface area contributed by atoms with E-state index in [2.05, 4.69) is 31.0 Å². The summed E-state index contributed by atoms with van der Waals surface area (Å²) >= 11 is 1.64. The first-order chi connectivity index (χ1) is 8.42. The molecule has 2 aromatic rings. The van der Waals surface area contributed by atoms with Crippen molar-refractivity contribution >= 4 is 11.3 Å². The Kier molecular flexibility index (Phi) is 3.17. The molecule has 0 fully saturated rings. The predicted octanol–water partition coefficient (Wildman–Crippen LogP) is 0.670. The number of imidazole rings is 1. The second kappa shape index (κ2) is 4.95. The van der Waals surface area contributed by atoms with Gasteiger partial charge < -0.3 is 15.6 Å². The fraction of sp³-hybridized carbons (Fsp3) is 0.455. The minimum Gasteiger partial charge on any atom is -0.347 e. The average Bonchev–Trinajstić information content (AvgIpc) is 2.98. The molecule has 3 rings (SSSR count). The van der Waals surface area contributed by atoms with Gasteiger partial charge in [0, 0.05) is 37.5 Å². The molecule has 2 aromatic heterocycles. The van der Waals surface area contributed by atoms with E-state index in [0.717, 1.165) is 31.7 Å². The molecular formula is C11H15N5S. The lowest BCUT2D eigenvalue weighted by atomic mass is 10.1. The maximum Gasteiger partial charge on any atom is 0.0925 e. The van der Waals surface area contributed by atoms with Crippen LogP contribution in [0.15, 0.2) is 17.2 Å². The quantitative estimate of drug-likeness (QED) is 0.745. The molecule has 0 aromatic carbocycles. The highest BCUT2D eigenvalue weighted by Crippen LogP contribution is 2.11. The summed E-state index contributed by atoms with van der Waals surface area (Å²) in [7, 11) is 0. The Morgan fingerprint density at radius 1 is 1.47 bits per heavy atom. The highest BCUT2D eigenvalue weighted by atomic mass is 32.1.